The Kier molecular flexibility index (Phi) is 5.65. The summed E-state index contributed by atoms with van der Waals surface area (Å²) >= 11 is 0. The van der Waals surface area contributed by atoms with E-state index in [2.05, 4.69) is 31.2 Å². The molecule has 0 unspecified atom stereocenters. The number of hydrogen-bond donors (Lipinski definition) is 1. The Balaban J connectivity index is 1.60. The van der Waals surface area contributed by atoms with Crippen LogP contribution >= 0.6 is 0 Å². The minimum atomic E-state index is -0.00476. The van der Waals surface area contributed by atoms with E-state index in [1.54, 1.807) is 12.4 Å². The topological polar surface area (TPSA) is 102 Å². The van der Waals surface area contributed by atoms with Gasteiger partial charge in [0, 0.05) is 50.9 Å². The Morgan fingerprint density at radius 2 is 2.10 bits per heavy atom. The number of anilines is 1. The second-order valence-corrected chi connectivity index (χ2v) is 8.38. The highest BCUT2D eigenvalue weighted by molar-refractivity contribution is 5.79. The Morgan fingerprint density at radius 3 is 2.90 bits per heavy atom. The molecular formula is C21H28N6O2. The summed E-state index contributed by atoms with van der Waals surface area (Å²) in [5.41, 5.74) is 0.344. The van der Waals surface area contributed by atoms with Crippen molar-refractivity contribution >= 4 is 17.6 Å². The van der Waals surface area contributed by atoms with Gasteiger partial charge in [-0.15, -0.1) is 0 Å². The van der Waals surface area contributed by atoms with Gasteiger partial charge < -0.3 is 15.1 Å². The lowest BCUT2D eigenvalue weighted by Gasteiger charge is -2.56. The molecule has 2 bridgehead atoms. The van der Waals surface area contributed by atoms with Crippen LogP contribution in [0.2, 0.25) is 0 Å². The molecule has 29 heavy (non-hydrogen) atoms. The van der Waals surface area contributed by atoms with Crippen LogP contribution in [-0.4, -0.2) is 58.4 Å². The molecule has 8 nitrogen and oxygen atoms in total. The number of piperidine rings is 3. The summed E-state index contributed by atoms with van der Waals surface area (Å²) in [6, 6.07) is 2.35. The molecule has 1 aromatic heterocycles. The van der Waals surface area contributed by atoms with E-state index in [9.17, 15) is 14.9 Å². The van der Waals surface area contributed by atoms with E-state index in [-0.39, 0.29) is 29.8 Å². The highest BCUT2D eigenvalue weighted by atomic mass is 16.2. The fourth-order valence-corrected chi connectivity index (χ4v) is 5.39. The van der Waals surface area contributed by atoms with E-state index in [0.29, 0.717) is 43.4 Å². The lowest BCUT2D eigenvalue weighted by molar-refractivity contribution is -0.149. The number of aromatic nitrogens is 2. The van der Waals surface area contributed by atoms with Crippen molar-refractivity contribution in [2.75, 3.05) is 24.5 Å². The van der Waals surface area contributed by atoms with Gasteiger partial charge in [-0.25, -0.2) is 9.97 Å². The van der Waals surface area contributed by atoms with Gasteiger partial charge >= 0.3 is 0 Å². The van der Waals surface area contributed by atoms with Gasteiger partial charge in [-0.1, -0.05) is 6.92 Å². The first-order valence-corrected chi connectivity index (χ1v) is 10.7. The largest absolute Gasteiger partial charge is 0.354 e. The third-order valence-corrected chi connectivity index (χ3v) is 6.57. The molecule has 0 radical (unpaired) electrons. The van der Waals surface area contributed by atoms with E-state index >= 15 is 0 Å². The average molecular weight is 396 g/mol. The average Bonchev–Trinajstić information content (AvgIpc) is 2.74. The number of carbonyl (C=O) groups is 2. The van der Waals surface area contributed by atoms with Gasteiger partial charge in [0.1, 0.15) is 6.07 Å². The minimum Gasteiger partial charge on any atom is -0.354 e. The maximum atomic E-state index is 12.8. The summed E-state index contributed by atoms with van der Waals surface area (Å²) in [5.74, 6) is 1.49. The first kappa shape index (κ1) is 19.6. The Morgan fingerprint density at radius 1 is 1.31 bits per heavy atom. The summed E-state index contributed by atoms with van der Waals surface area (Å²) in [6.45, 7) is 3.99. The van der Waals surface area contributed by atoms with Crippen LogP contribution in [0.3, 0.4) is 0 Å². The van der Waals surface area contributed by atoms with Crippen LogP contribution in [0.4, 0.5) is 5.82 Å². The summed E-state index contributed by atoms with van der Waals surface area (Å²) in [5, 5.41) is 12.5. The molecule has 4 heterocycles. The third kappa shape index (κ3) is 3.78. The second kappa shape index (κ2) is 8.36. The van der Waals surface area contributed by atoms with Crippen molar-refractivity contribution in [3.8, 4) is 6.07 Å². The van der Waals surface area contributed by atoms with Gasteiger partial charge in [0.15, 0.2) is 11.5 Å². The van der Waals surface area contributed by atoms with Gasteiger partial charge in [-0.05, 0) is 37.5 Å². The van der Waals surface area contributed by atoms with Crippen molar-refractivity contribution in [1.29, 1.82) is 5.26 Å². The fraction of sp³-hybridized carbons (Fsp3) is 0.667. The molecule has 3 fully saturated rings. The number of fused-ring (bicyclic) bond motifs is 4. The quantitative estimate of drug-likeness (QED) is 0.809. The first-order chi connectivity index (χ1) is 14.1. The highest BCUT2D eigenvalue weighted by Crippen LogP contribution is 2.42. The number of rotatable bonds is 5. The molecule has 0 aliphatic carbocycles. The zero-order chi connectivity index (χ0) is 20.4. The van der Waals surface area contributed by atoms with Crippen LogP contribution in [0.5, 0.6) is 0 Å². The van der Waals surface area contributed by atoms with E-state index < -0.39 is 0 Å². The Labute approximate surface area is 171 Å². The van der Waals surface area contributed by atoms with E-state index in [0.717, 1.165) is 32.2 Å². The number of carbonyl (C=O) groups excluding carboxylic acids is 2. The molecular weight excluding hydrogens is 368 g/mol. The fourth-order valence-electron chi connectivity index (χ4n) is 5.39. The van der Waals surface area contributed by atoms with Crippen LogP contribution in [0.25, 0.3) is 0 Å². The van der Waals surface area contributed by atoms with E-state index in [1.807, 2.05) is 6.92 Å². The molecule has 4 rings (SSSR count). The van der Waals surface area contributed by atoms with Gasteiger partial charge in [-0.2, -0.15) is 5.26 Å². The SMILES string of the molecule is CCCC(=O)NC[C@H]1[C@H]2C[C@@H](CN(c3nccnc3C#N)C2)[C@@H]2CCCC(=O)N21. The zero-order valence-electron chi connectivity index (χ0n) is 16.9. The van der Waals surface area contributed by atoms with Crippen LogP contribution in [0.15, 0.2) is 12.4 Å². The minimum absolute atomic E-state index is 0.00476. The predicted octanol–water partition coefficient (Wildman–Crippen LogP) is 1.47. The Hall–Kier alpha value is -2.69. The number of amides is 2. The lowest BCUT2D eigenvalue weighted by atomic mass is 9.72. The molecule has 1 N–H and O–H groups in total. The third-order valence-electron chi connectivity index (χ3n) is 6.57. The van der Waals surface area contributed by atoms with Crippen molar-refractivity contribution < 1.29 is 9.59 Å². The summed E-state index contributed by atoms with van der Waals surface area (Å²) < 4.78 is 0. The molecule has 4 atom stereocenters. The van der Waals surface area contributed by atoms with E-state index in [1.165, 1.54) is 0 Å². The van der Waals surface area contributed by atoms with Crippen molar-refractivity contribution in [2.24, 2.45) is 11.8 Å². The lowest BCUT2D eigenvalue weighted by Crippen LogP contribution is -2.67. The molecule has 8 heteroatoms. The van der Waals surface area contributed by atoms with Gasteiger partial charge in [0.25, 0.3) is 0 Å². The van der Waals surface area contributed by atoms with Crippen LogP contribution in [0, 0.1) is 23.2 Å². The van der Waals surface area contributed by atoms with Gasteiger partial charge in [-0.3, -0.25) is 9.59 Å². The molecule has 154 valence electrons. The maximum Gasteiger partial charge on any atom is 0.223 e. The molecule has 0 spiro atoms. The normalized spacial score (nSPS) is 28.5. The summed E-state index contributed by atoms with van der Waals surface area (Å²) in [6.07, 6.45) is 8.05. The summed E-state index contributed by atoms with van der Waals surface area (Å²) in [4.78, 5) is 37.8. The maximum absolute atomic E-state index is 12.8. The van der Waals surface area contributed by atoms with Crippen LogP contribution in [-0.2, 0) is 9.59 Å². The highest BCUT2D eigenvalue weighted by Gasteiger charge is 2.49. The monoisotopic (exact) mass is 396 g/mol. The summed E-state index contributed by atoms with van der Waals surface area (Å²) in [7, 11) is 0. The first-order valence-electron chi connectivity index (χ1n) is 10.7. The smallest absolute Gasteiger partial charge is 0.223 e. The van der Waals surface area contributed by atoms with Crippen molar-refractivity contribution in [1.82, 2.24) is 20.2 Å². The molecule has 1 aromatic rings. The van der Waals surface area contributed by atoms with Crippen molar-refractivity contribution in [2.45, 2.75) is 57.5 Å². The van der Waals surface area contributed by atoms with Crippen molar-refractivity contribution in [3.05, 3.63) is 18.1 Å². The molecule has 3 saturated heterocycles. The zero-order valence-corrected chi connectivity index (χ0v) is 16.9. The second-order valence-electron chi connectivity index (χ2n) is 8.38. The number of nitriles is 1. The molecule has 2 amide bonds. The number of nitrogens with zero attached hydrogens (tertiary/aromatic N) is 5. The number of hydrogen-bond acceptors (Lipinski definition) is 6. The Bertz CT molecular complexity index is 822. The van der Waals surface area contributed by atoms with Crippen LogP contribution < -0.4 is 10.2 Å². The predicted molar refractivity (Wildman–Crippen MR) is 107 cm³/mol. The van der Waals surface area contributed by atoms with Gasteiger partial charge in [0.2, 0.25) is 11.8 Å². The van der Waals surface area contributed by atoms with Crippen molar-refractivity contribution in [3.63, 3.8) is 0 Å². The van der Waals surface area contributed by atoms with E-state index in [4.69, 9.17) is 0 Å². The number of nitrogens with one attached hydrogen (secondary N) is 1. The van der Waals surface area contributed by atoms with Gasteiger partial charge in [0.05, 0.1) is 6.04 Å². The molecule has 0 aromatic carbocycles. The molecule has 3 aliphatic heterocycles. The standard InChI is InChI=1S/C21H28N6O2/c1-2-4-19(28)25-11-18-15-9-14(17-5-3-6-20(29)27(17)18)12-26(13-15)21-16(10-22)23-7-8-24-21/h7-8,14-15,17-18H,2-6,9,11-13H2,1H3,(H,25,28)/t14-,15-,17-,18-/m0/s1. The molecule has 3 aliphatic rings. The van der Waals surface area contributed by atoms with Crippen LogP contribution in [0.1, 0.15) is 51.1 Å². The molecule has 0 saturated carbocycles.